The zero-order valence-electron chi connectivity index (χ0n) is 9.86. The molecule has 18 heavy (non-hydrogen) atoms. The number of hydrogen-bond donors (Lipinski definition) is 2. The fourth-order valence-electron chi connectivity index (χ4n) is 1.43. The van der Waals surface area contributed by atoms with Gasteiger partial charge in [0, 0.05) is 5.56 Å². The molecule has 1 aromatic carbocycles. The monoisotopic (exact) mass is 265 g/mol. The fraction of sp³-hybridized carbons (Fsp3) is 0.455. The standard InChI is InChI=1S/C11H14F3NO3/c1-6(16)10(15)8-5-7(18-11(12,13)14)3-4-9(8)17-2/h3-6,10,16H,15H2,1-2H3/t6-,10-/m0/s1. The highest BCUT2D eigenvalue weighted by Gasteiger charge is 2.31. The molecule has 0 aliphatic heterocycles. The first-order chi connectivity index (χ1) is 8.24. The summed E-state index contributed by atoms with van der Waals surface area (Å²) in [6.07, 6.45) is -5.71. The first-order valence-corrected chi connectivity index (χ1v) is 5.12. The van der Waals surface area contributed by atoms with Gasteiger partial charge in [0.1, 0.15) is 11.5 Å². The Morgan fingerprint density at radius 3 is 2.39 bits per heavy atom. The highest BCUT2D eigenvalue weighted by molar-refractivity contribution is 5.42. The van der Waals surface area contributed by atoms with Crippen LogP contribution in [0.4, 0.5) is 13.2 Å². The summed E-state index contributed by atoms with van der Waals surface area (Å²) in [6, 6.07) is 2.66. The van der Waals surface area contributed by atoms with Crippen molar-refractivity contribution in [3.63, 3.8) is 0 Å². The van der Waals surface area contributed by atoms with Gasteiger partial charge in [-0.3, -0.25) is 0 Å². The van der Waals surface area contributed by atoms with Crippen LogP contribution in [0.3, 0.4) is 0 Å². The number of benzene rings is 1. The molecule has 0 aromatic heterocycles. The Hall–Kier alpha value is -1.47. The second-order valence-electron chi connectivity index (χ2n) is 3.72. The quantitative estimate of drug-likeness (QED) is 0.873. The minimum Gasteiger partial charge on any atom is -0.496 e. The lowest BCUT2D eigenvalue weighted by Gasteiger charge is -2.19. The molecule has 0 heterocycles. The molecule has 0 bridgehead atoms. The third-order valence-corrected chi connectivity index (χ3v) is 2.31. The van der Waals surface area contributed by atoms with E-state index < -0.39 is 24.3 Å². The average molecular weight is 265 g/mol. The number of hydrogen-bond acceptors (Lipinski definition) is 4. The number of rotatable bonds is 4. The van der Waals surface area contributed by atoms with Crippen LogP contribution in [0.25, 0.3) is 0 Å². The predicted octanol–water partition coefficient (Wildman–Crippen LogP) is 1.97. The van der Waals surface area contributed by atoms with Crippen LogP contribution < -0.4 is 15.2 Å². The number of aliphatic hydroxyl groups is 1. The van der Waals surface area contributed by atoms with Crippen LogP contribution in [-0.4, -0.2) is 24.7 Å². The van der Waals surface area contributed by atoms with Gasteiger partial charge in [0.05, 0.1) is 19.3 Å². The van der Waals surface area contributed by atoms with E-state index in [2.05, 4.69) is 4.74 Å². The number of halogens is 3. The lowest BCUT2D eigenvalue weighted by Crippen LogP contribution is -2.24. The topological polar surface area (TPSA) is 64.7 Å². The first kappa shape index (κ1) is 14.6. The number of ether oxygens (including phenoxy) is 2. The maximum absolute atomic E-state index is 12.1. The largest absolute Gasteiger partial charge is 0.573 e. The van der Waals surface area contributed by atoms with Gasteiger partial charge in [-0.1, -0.05) is 0 Å². The summed E-state index contributed by atoms with van der Waals surface area (Å²) >= 11 is 0. The number of alkyl halides is 3. The maximum atomic E-state index is 12.1. The van der Waals surface area contributed by atoms with Crippen molar-refractivity contribution in [1.29, 1.82) is 0 Å². The highest BCUT2D eigenvalue weighted by Crippen LogP contribution is 2.32. The Bertz CT molecular complexity index is 407. The molecule has 102 valence electrons. The second kappa shape index (κ2) is 5.45. The van der Waals surface area contributed by atoms with Crippen molar-refractivity contribution in [2.45, 2.75) is 25.4 Å². The maximum Gasteiger partial charge on any atom is 0.573 e. The molecule has 0 aliphatic carbocycles. The van der Waals surface area contributed by atoms with Gasteiger partial charge in [-0.15, -0.1) is 13.2 Å². The molecule has 2 atom stereocenters. The zero-order chi connectivity index (χ0) is 13.9. The van der Waals surface area contributed by atoms with E-state index in [4.69, 9.17) is 10.5 Å². The van der Waals surface area contributed by atoms with Gasteiger partial charge in [-0.05, 0) is 25.1 Å². The molecule has 0 saturated carbocycles. The summed E-state index contributed by atoms with van der Waals surface area (Å²) in [5, 5.41) is 9.37. The van der Waals surface area contributed by atoms with E-state index in [1.165, 1.54) is 20.1 Å². The van der Waals surface area contributed by atoms with Crippen LogP contribution >= 0.6 is 0 Å². The predicted molar refractivity (Wildman–Crippen MR) is 58.3 cm³/mol. The fourth-order valence-corrected chi connectivity index (χ4v) is 1.43. The van der Waals surface area contributed by atoms with Gasteiger partial charge in [-0.2, -0.15) is 0 Å². The summed E-state index contributed by atoms with van der Waals surface area (Å²) in [5.41, 5.74) is 5.92. The van der Waals surface area contributed by atoms with Gasteiger partial charge < -0.3 is 20.3 Å². The SMILES string of the molecule is COc1ccc(OC(F)(F)F)cc1[C@@H](N)[C@H](C)O. The Balaban J connectivity index is 3.09. The minimum absolute atomic E-state index is 0.245. The Morgan fingerprint density at radius 2 is 1.94 bits per heavy atom. The van der Waals surface area contributed by atoms with Crippen molar-refractivity contribution < 1.29 is 27.8 Å². The Morgan fingerprint density at radius 1 is 1.33 bits per heavy atom. The van der Waals surface area contributed by atoms with E-state index in [0.29, 0.717) is 0 Å². The lowest BCUT2D eigenvalue weighted by atomic mass is 10.0. The first-order valence-electron chi connectivity index (χ1n) is 5.12. The molecule has 0 fully saturated rings. The number of nitrogens with two attached hydrogens (primary N) is 1. The van der Waals surface area contributed by atoms with Crippen LogP contribution in [0, 0.1) is 0 Å². The van der Waals surface area contributed by atoms with Crippen LogP contribution in [-0.2, 0) is 0 Å². The van der Waals surface area contributed by atoms with E-state index in [1.807, 2.05) is 0 Å². The van der Waals surface area contributed by atoms with Gasteiger partial charge in [0.25, 0.3) is 0 Å². The summed E-state index contributed by atoms with van der Waals surface area (Å²) in [7, 11) is 1.36. The average Bonchev–Trinajstić information content (AvgIpc) is 2.25. The molecule has 1 rings (SSSR count). The normalized spacial score (nSPS) is 15.1. The van der Waals surface area contributed by atoms with Gasteiger partial charge in [-0.25, -0.2) is 0 Å². The Labute approximate surface area is 102 Å². The second-order valence-corrected chi connectivity index (χ2v) is 3.72. The highest BCUT2D eigenvalue weighted by atomic mass is 19.4. The van der Waals surface area contributed by atoms with Crippen LogP contribution in [0.5, 0.6) is 11.5 Å². The summed E-state index contributed by atoms with van der Waals surface area (Å²) in [5.74, 6) is -0.118. The molecule has 7 heteroatoms. The molecule has 0 aliphatic rings. The molecule has 3 N–H and O–H groups in total. The molecule has 0 radical (unpaired) electrons. The molecule has 4 nitrogen and oxygen atoms in total. The van der Waals surface area contributed by atoms with E-state index >= 15 is 0 Å². The molecule has 1 aromatic rings. The third-order valence-electron chi connectivity index (χ3n) is 2.31. The molecule has 0 amide bonds. The van der Waals surface area contributed by atoms with Crippen LogP contribution in [0.15, 0.2) is 18.2 Å². The molecule has 0 unspecified atom stereocenters. The van der Waals surface area contributed by atoms with E-state index in [1.54, 1.807) is 0 Å². The molecule has 0 saturated heterocycles. The van der Waals surface area contributed by atoms with Crippen LogP contribution in [0.2, 0.25) is 0 Å². The van der Waals surface area contributed by atoms with Gasteiger partial charge >= 0.3 is 6.36 Å². The van der Waals surface area contributed by atoms with Gasteiger partial charge in [0.15, 0.2) is 0 Å². The van der Waals surface area contributed by atoms with E-state index in [-0.39, 0.29) is 11.3 Å². The van der Waals surface area contributed by atoms with Crippen molar-refractivity contribution in [2.24, 2.45) is 5.73 Å². The summed E-state index contributed by atoms with van der Waals surface area (Å²) in [6.45, 7) is 1.43. The van der Waals surface area contributed by atoms with Crippen molar-refractivity contribution >= 4 is 0 Å². The minimum atomic E-state index is -4.78. The van der Waals surface area contributed by atoms with Crippen molar-refractivity contribution in [3.8, 4) is 11.5 Å². The number of methoxy groups -OCH3 is 1. The third kappa shape index (κ3) is 3.78. The number of aliphatic hydroxyl groups excluding tert-OH is 1. The van der Waals surface area contributed by atoms with Gasteiger partial charge in [0.2, 0.25) is 0 Å². The van der Waals surface area contributed by atoms with Crippen molar-refractivity contribution in [3.05, 3.63) is 23.8 Å². The molecule has 0 spiro atoms. The van der Waals surface area contributed by atoms with E-state index in [0.717, 1.165) is 12.1 Å². The summed E-state index contributed by atoms with van der Waals surface area (Å²) in [4.78, 5) is 0. The smallest absolute Gasteiger partial charge is 0.496 e. The summed E-state index contributed by atoms with van der Waals surface area (Å²) < 4.78 is 45.0. The van der Waals surface area contributed by atoms with E-state index in [9.17, 15) is 18.3 Å². The Kier molecular flexibility index (Phi) is 4.42. The lowest BCUT2D eigenvalue weighted by molar-refractivity contribution is -0.274. The van der Waals surface area contributed by atoms with Crippen molar-refractivity contribution in [1.82, 2.24) is 0 Å². The molecular weight excluding hydrogens is 251 g/mol. The molecular formula is C11H14F3NO3. The van der Waals surface area contributed by atoms with Crippen LogP contribution in [0.1, 0.15) is 18.5 Å². The zero-order valence-corrected chi connectivity index (χ0v) is 9.86. The van der Waals surface area contributed by atoms with Crippen molar-refractivity contribution in [2.75, 3.05) is 7.11 Å².